The van der Waals surface area contributed by atoms with Crippen molar-refractivity contribution in [3.63, 3.8) is 0 Å². The van der Waals surface area contributed by atoms with Crippen LogP contribution in [-0.2, 0) is 4.79 Å². The van der Waals surface area contributed by atoms with Crippen molar-refractivity contribution in [1.29, 1.82) is 0 Å². The molecule has 0 spiro atoms. The zero-order valence-electron chi connectivity index (χ0n) is 21.2. The lowest BCUT2D eigenvalue weighted by Crippen LogP contribution is -2.40. The van der Waals surface area contributed by atoms with Gasteiger partial charge in [0.1, 0.15) is 0 Å². The van der Waals surface area contributed by atoms with Gasteiger partial charge in [-0.05, 0) is 18.8 Å². The second-order valence-electron chi connectivity index (χ2n) is 9.74. The molecule has 0 heterocycles. The standard InChI is InChI=1S/C26H54N2O4/c1-24(2)16-13-11-9-7-5-3-4-6-8-10-12-14-17-26(32)27-18-20-28(19-15-21-29)22-25(31)23-30/h24-25,29-31H,3-23H2,1-2H3,(H,27,32). The number of aliphatic hydroxyl groups is 3. The van der Waals surface area contributed by atoms with E-state index in [-0.39, 0.29) is 19.1 Å². The lowest BCUT2D eigenvalue weighted by atomic mass is 10.0. The van der Waals surface area contributed by atoms with Crippen LogP contribution in [0.5, 0.6) is 0 Å². The molecule has 0 aromatic carbocycles. The molecule has 6 nitrogen and oxygen atoms in total. The van der Waals surface area contributed by atoms with E-state index in [0.29, 0.717) is 39.0 Å². The molecule has 4 N–H and O–H groups in total. The molecule has 0 aliphatic carbocycles. The van der Waals surface area contributed by atoms with Gasteiger partial charge in [-0.2, -0.15) is 0 Å². The molecule has 1 amide bonds. The summed E-state index contributed by atoms with van der Waals surface area (Å²) in [4.78, 5) is 14.0. The largest absolute Gasteiger partial charge is 0.396 e. The highest BCUT2D eigenvalue weighted by atomic mass is 16.3. The van der Waals surface area contributed by atoms with Crippen molar-refractivity contribution < 1.29 is 20.1 Å². The van der Waals surface area contributed by atoms with E-state index in [1.807, 2.05) is 4.90 Å². The summed E-state index contributed by atoms with van der Waals surface area (Å²) in [5.74, 6) is 0.935. The number of rotatable bonds is 24. The van der Waals surface area contributed by atoms with E-state index < -0.39 is 6.10 Å². The molecular weight excluding hydrogens is 404 g/mol. The van der Waals surface area contributed by atoms with Gasteiger partial charge in [0.15, 0.2) is 0 Å². The van der Waals surface area contributed by atoms with Crippen LogP contribution in [0.4, 0.5) is 0 Å². The van der Waals surface area contributed by atoms with Gasteiger partial charge in [0.2, 0.25) is 5.91 Å². The first-order valence-electron chi connectivity index (χ1n) is 13.4. The fraction of sp³-hybridized carbons (Fsp3) is 0.962. The van der Waals surface area contributed by atoms with Gasteiger partial charge in [-0.3, -0.25) is 9.69 Å². The monoisotopic (exact) mass is 458 g/mol. The molecule has 192 valence electrons. The fourth-order valence-corrected chi connectivity index (χ4v) is 3.99. The molecule has 0 saturated heterocycles. The molecular formula is C26H54N2O4. The molecule has 0 radical (unpaired) electrons. The van der Waals surface area contributed by atoms with Crippen LogP contribution in [0.3, 0.4) is 0 Å². The Balaban J connectivity index is 3.48. The minimum absolute atomic E-state index is 0.0863. The van der Waals surface area contributed by atoms with Crippen LogP contribution < -0.4 is 5.32 Å². The van der Waals surface area contributed by atoms with E-state index in [1.54, 1.807) is 0 Å². The Morgan fingerprint density at radius 3 is 1.81 bits per heavy atom. The van der Waals surface area contributed by atoms with Crippen LogP contribution in [0.25, 0.3) is 0 Å². The molecule has 0 bridgehead atoms. The summed E-state index contributed by atoms with van der Waals surface area (Å²) in [6.45, 7) is 6.56. The molecule has 0 aromatic heterocycles. The van der Waals surface area contributed by atoms with Crippen molar-refractivity contribution in [3.8, 4) is 0 Å². The Hall–Kier alpha value is -0.690. The third-order valence-corrected chi connectivity index (χ3v) is 6.00. The van der Waals surface area contributed by atoms with Crippen molar-refractivity contribution in [2.24, 2.45) is 5.92 Å². The van der Waals surface area contributed by atoms with Crippen molar-refractivity contribution in [1.82, 2.24) is 10.2 Å². The van der Waals surface area contributed by atoms with E-state index in [2.05, 4.69) is 19.2 Å². The number of amides is 1. The molecule has 0 aliphatic heterocycles. The number of carbonyl (C=O) groups excluding carboxylic acids is 1. The van der Waals surface area contributed by atoms with Crippen LogP contribution >= 0.6 is 0 Å². The molecule has 0 saturated carbocycles. The van der Waals surface area contributed by atoms with E-state index in [4.69, 9.17) is 10.2 Å². The Morgan fingerprint density at radius 1 is 0.781 bits per heavy atom. The second kappa shape index (κ2) is 23.5. The van der Waals surface area contributed by atoms with Gasteiger partial charge in [-0.15, -0.1) is 0 Å². The summed E-state index contributed by atoms with van der Waals surface area (Å²) in [6, 6.07) is 0. The number of hydrogen-bond acceptors (Lipinski definition) is 5. The highest BCUT2D eigenvalue weighted by Gasteiger charge is 2.11. The first kappa shape index (κ1) is 31.3. The van der Waals surface area contributed by atoms with E-state index in [9.17, 15) is 9.90 Å². The summed E-state index contributed by atoms with van der Waals surface area (Å²) in [7, 11) is 0. The molecule has 0 aromatic rings. The minimum atomic E-state index is -0.788. The van der Waals surface area contributed by atoms with Gasteiger partial charge in [0.25, 0.3) is 0 Å². The molecule has 32 heavy (non-hydrogen) atoms. The second-order valence-corrected chi connectivity index (χ2v) is 9.74. The lowest BCUT2D eigenvalue weighted by Gasteiger charge is -2.24. The maximum absolute atomic E-state index is 12.0. The SMILES string of the molecule is CC(C)CCCCCCCCCCCCCCC(=O)NCCN(CCCO)CC(O)CO. The van der Waals surface area contributed by atoms with Gasteiger partial charge >= 0.3 is 0 Å². The zero-order valence-corrected chi connectivity index (χ0v) is 21.2. The van der Waals surface area contributed by atoms with E-state index in [0.717, 1.165) is 18.8 Å². The number of carbonyl (C=O) groups is 1. The highest BCUT2D eigenvalue weighted by molar-refractivity contribution is 5.75. The number of nitrogens with one attached hydrogen (secondary N) is 1. The maximum Gasteiger partial charge on any atom is 0.220 e. The number of unbranched alkanes of at least 4 members (excludes halogenated alkanes) is 11. The van der Waals surface area contributed by atoms with Crippen LogP contribution in [0.1, 0.15) is 110 Å². The first-order valence-corrected chi connectivity index (χ1v) is 13.4. The summed E-state index contributed by atoms with van der Waals surface area (Å²) < 4.78 is 0. The average molecular weight is 459 g/mol. The smallest absolute Gasteiger partial charge is 0.220 e. The normalized spacial score (nSPS) is 12.6. The third kappa shape index (κ3) is 22.5. The molecule has 0 fully saturated rings. The van der Waals surface area contributed by atoms with Gasteiger partial charge in [-0.1, -0.05) is 90.9 Å². The zero-order chi connectivity index (χ0) is 23.9. The summed E-state index contributed by atoms with van der Waals surface area (Å²) in [6.07, 6.45) is 17.4. The molecule has 1 atom stereocenters. The van der Waals surface area contributed by atoms with Gasteiger partial charge in [-0.25, -0.2) is 0 Å². The average Bonchev–Trinajstić information content (AvgIpc) is 2.77. The van der Waals surface area contributed by atoms with Gasteiger partial charge < -0.3 is 20.6 Å². The van der Waals surface area contributed by atoms with Gasteiger partial charge in [0, 0.05) is 39.2 Å². The minimum Gasteiger partial charge on any atom is -0.396 e. The number of nitrogens with zero attached hydrogens (tertiary/aromatic N) is 1. The predicted octanol–water partition coefficient (Wildman–Crippen LogP) is 4.26. The fourth-order valence-electron chi connectivity index (χ4n) is 3.99. The van der Waals surface area contributed by atoms with E-state index >= 15 is 0 Å². The first-order chi connectivity index (χ1) is 15.5. The van der Waals surface area contributed by atoms with Crippen LogP contribution in [-0.4, -0.2) is 71.6 Å². The number of aliphatic hydroxyl groups excluding tert-OH is 3. The van der Waals surface area contributed by atoms with Crippen molar-refractivity contribution in [2.45, 2.75) is 116 Å². The van der Waals surface area contributed by atoms with Crippen LogP contribution in [0.15, 0.2) is 0 Å². The maximum atomic E-state index is 12.0. The molecule has 1 unspecified atom stereocenters. The Labute approximate surface area is 198 Å². The summed E-state index contributed by atoms with van der Waals surface area (Å²) in [5, 5.41) is 30.5. The Bertz CT molecular complexity index is 407. The van der Waals surface area contributed by atoms with E-state index in [1.165, 1.54) is 70.6 Å². The molecule has 0 rings (SSSR count). The quantitative estimate of drug-likeness (QED) is 0.162. The third-order valence-electron chi connectivity index (χ3n) is 6.00. The van der Waals surface area contributed by atoms with Crippen molar-refractivity contribution in [3.05, 3.63) is 0 Å². The topological polar surface area (TPSA) is 93.0 Å². The predicted molar refractivity (Wildman–Crippen MR) is 134 cm³/mol. The van der Waals surface area contributed by atoms with Gasteiger partial charge in [0.05, 0.1) is 12.7 Å². The molecule has 0 aliphatic rings. The van der Waals surface area contributed by atoms with Crippen LogP contribution in [0.2, 0.25) is 0 Å². The van der Waals surface area contributed by atoms with Crippen LogP contribution in [0, 0.1) is 5.92 Å². The summed E-state index contributed by atoms with van der Waals surface area (Å²) in [5.41, 5.74) is 0. The molecule has 6 heteroatoms. The highest BCUT2D eigenvalue weighted by Crippen LogP contribution is 2.14. The summed E-state index contributed by atoms with van der Waals surface area (Å²) >= 11 is 0. The van der Waals surface area contributed by atoms with Crippen molar-refractivity contribution >= 4 is 5.91 Å². The van der Waals surface area contributed by atoms with Crippen molar-refractivity contribution in [2.75, 3.05) is 39.4 Å². The Morgan fingerprint density at radius 2 is 1.31 bits per heavy atom. The lowest BCUT2D eigenvalue weighted by molar-refractivity contribution is -0.121. The Kier molecular flexibility index (Phi) is 23.0. The number of hydrogen-bond donors (Lipinski definition) is 4.